The van der Waals surface area contributed by atoms with Gasteiger partial charge in [0, 0.05) is 18.8 Å². The largest absolute Gasteiger partial charge is 0.475 e. The van der Waals surface area contributed by atoms with E-state index in [-0.39, 0.29) is 17.6 Å². The summed E-state index contributed by atoms with van der Waals surface area (Å²) in [5.74, 6) is -1.98. The summed E-state index contributed by atoms with van der Waals surface area (Å²) in [6, 6.07) is 2.32. The van der Waals surface area contributed by atoms with Crippen molar-refractivity contribution in [2.45, 2.75) is 13.0 Å². The smallest absolute Gasteiger partial charge is 0.371 e. The van der Waals surface area contributed by atoms with Crippen LogP contribution >= 0.6 is 0 Å². The van der Waals surface area contributed by atoms with Crippen molar-refractivity contribution in [1.82, 2.24) is 15.1 Å². The highest BCUT2D eigenvalue weighted by Gasteiger charge is 2.17. The quantitative estimate of drug-likeness (QED) is 0.863. The fourth-order valence-corrected chi connectivity index (χ4v) is 1.59. The molecule has 1 unspecified atom stereocenters. The minimum absolute atomic E-state index is 0.0341. The molecule has 0 bridgehead atoms. The third-order valence-electron chi connectivity index (χ3n) is 2.61. The van der Waals surface area contributed by atoms with Crippen molar-refractivity contribution in [3.8, 4) is 0 Å². The van der Waals surface area contributed by atoms with Crippen molar-refractivity contribution < 1.29 is 19.1 Å². The number of nitrogens with one attached hydrogen (secondary N) is 1. The predicted molar refractivity (Wildman–Crippen MR) is 64.8 cm³/mol. The fraction of sp³-hybridized carbons (Fsp3) is 0.250. The molecule has 0 aliphatic rings. The van der Waals surface area contributed by atoms with Crippen molar-refractivity contribution in [1.29, 1.82) is 0 Å². The molecule has 0 aromatic carbocycles. The van der Waals surface area contributed by atoms with Crippen molar-refractivity contribution in [3.63, 3.8) is 0 Å². The Balaban J connectivity index is 2.06. The average molecular weight is 263 g/mol. The van der Waals surface area contributed by atoms with E-state index < -0.39 is 11.9 Å². The summed E-state index contributed by atoms with van der Waals surface area (Å²) in [6.45, 7) is 1.80. The Bertz CT molecular complexity index is 614. The second kappa shape index (κ2) is 4.97. The first-order valence-corrected chi connectivity index (χ1v) is 5.60. The molecule has 0 aliphatic heterocycles. The van der Waals surface area contributed by atoms with Gasteiger partial charge in [-0.25, -0.2) is 4.79 Å². The van der Waals surface area contributed by atoms with E-state index in [4.69, 9.17) is 9.52 Å². The summed E-state index contributed by atoms with van der Waals surface area (Å²) in [7, 11) is 1.78. The number of carboxylic acids is 1. The van der Waals surface area contributed by atoms with Crippen LogP contribution in [-0.4, -0.2) is 26.8 Å². The maximum atomic E-state index is 11.8. The Morgan fingerprint density at radius 2 is 2.11 bits per heavy atom. The Morgan fingerprint density at radius 3 is 2.63 bits per heavy atom. The molecule has 100 valence electrons. The molecule has 1 amide bonds. The molecule has 1 atom stereocenters. The van der Waals surface area contributed by atoms with Crippen LogP contribution in [0.5, 0.6) is 0 Å². The molecule has 0 spiro atoms. The van der Waals surface area contributed by atoms with Crippen molar-refractivity contribution in [3.05, 3.63) is 41.6 Å². The van der Waals surface area contributed by atoms with E-state index in [1.807, 2.05) is 0 Å². The molecule has 7 nitrogen and oxygen atoms in total. The van der Waals surface area contributed by atoms with Gasteiger partial charge in [-0.2, -0.15) is 5.10 Å². The van der Waals surface area contributed by atoms with Crippen LogP contribution in [0.3, 0.4) is 0 Å². The highest BCUT2D eigenvalue weighted by atomic mass is 16.4. The number of carboxylic acid groups (broad SMARTS) is 1. The molecule has 2 aromatic rings. The van der Waals surface area contributed by atoms with Crippen LogP contribution in [-0.2, 0) is 7.05 Å². The van der Waals surface area contributed by atoms with E-state index in [0.29, 0.717) is 0 Å². The highest BCUT2D eigenvalue weighted by Crippen LogP contribution is 2.13. The monoisotopic (exact) mass is 263 g/mol. The Kier molecular flexibility index (Phi) is 3.37. The second-order valence-corrected chi connectivity index (χ2v) is 4.11. The second-order valence-electron chi connectivity index (χ2n) is 4.11. The van der Waals surface area contributed by atoms with Gasteiger partial charge < -0.3 is 14.8 Å². The molecule has 0 saturated carbocycles. The number of carbonyl (C=O) groups excluding carboxylic acids is 1. The van der Waals surface area contributed by atoms with Crippen LogP contribution in [0.25, 0.3) is 0 Å². The zero-order chi connectivity index (χ0) is 14.0. The van der Waals surface area contributed by atoms with Gasteiger partial charge in [0.15, 0.2) is 5.76 Å². The first-order chi connectivity index (χ1) is 8.97. The minimum atomic E-state index is -1.21. The van der Waals surface area contributed by atoms with Gasteiger partial charge in [-0.15, -0.1) is 0 Å². The van der Waals surface area contributed by atoms with E-state index in [2.05, 4.69) is 10.4 Å². The molecule has 0 saturated heterocycles. The maximum Gasteiger partial charge on any atom is 0.371 e. The molecule has 2 heterocycles. The van der Waals surface area contributed by atoms with Crippen LogP contribution in [0, 0.1) is 0 Å². The van der Waals surface area contributed by atoms with Gasteiger partial charge in [0.1, 0.15) is 0 Å². The molecular formula is C12H13N3O4. The molecule has 2 rings (SSSR count). The fourth-order valence-electron chi connectivity index (χ4n) is 1.59. The molecule has 0 aliphatic carbocycles. The first-order valence-electron chi connectivity index (χ1n) is 5.60. The number of amides is 1. The van der Waals surface area contributed by atoms with E-state index in [0.717, 1.165) is 5.56 Å². The van der Waals surface area contributed by atoms with E-state index >= 15 is 0 Å². The summed E-state index contributed by atoms with van der Waals surface area (Å²) >= 11 is 0. The van der Waals surface area contributed by atoms with Gasteiger partial charge >= 0.3 is 5.97 Å². The number of aromatic carboxylic acids is 1. The zero-order valence-corrected chi connectivity index (χ0v) is 10.5. The van der Waals surface area contributed by atoms with Gasteiger partial charge in [0.05, 0.1) is 12.2 Å². The van der Waals surface area contributed by atoms with Gasteiger partial charge in [-0.1, -0.05) is 0 Å². The summed E-state index contributed by atoms with van der Waals surface area (Å²) in [5, 5.41) is 15.4. The lowest BCUT2D eigenvalue weighted by atomic mass is 10.2. The number of hydrogen-bond acceptors (Lipinski definition) is 4. The molecule has 7 heteroatoms. The summed E-state index contributed by atoms with van der Waals surface area (Å²) in [4.78, 5) is 22.5. The van der Waals surface area contributed by atoms with Crippen molar-refractivity contribution in [2.24, 2.45) is 7.05 Å². The molecule has 19 heavy (non-hydrogen) atoms. The van der Waals surface area contributed by atoms with Gasteiger partial charge in [-0.05, 0) is 19.1 Å². The first kappa shape index (κ1) is 12.9. The topological polar surface area (TPSA) is 97.4 Å². The van der Waals surface area contributed by atoms with Crippen LogP contribution in [0.15, 0.2) is 28.9 Å². The number of furan rings is 1. The van der Waals surface area contributed by atoms with Gasteiger partial charge in [-0.3, -0.25) is 9.48 Å². The third-order valence-corrected chi connectivity index (χ3v) is 2.61. The van der Waals surface area contributed by atoms with E-state index in [1.54, 1.807) is 31.0 Å². The van der Waals surface area contributed by atoms with Gasteiger partial charge in [0.25, 0.3) is 5.91 Å². The Morgan fingerprint density at radius 1 is 1.42 bits per heavy atom. The Hall–Kier alpha value is -2.57. The van der Waals surface area contributed by atoms with Crippen LogP contribution in [0.1, 0.15) is 39.6 Å². The Labute approximate surface area is 108 Å². The highest BCUT2D eigenvalue weighted by molar-refractivity contribution is 5.93. The van der Waals surface area contributed by atoms with Crippen molar-refractivity contribution in [2.75, 3.05) is 0 Å². The number of rotatable bonds is 4. The lowest BCUT2D eigenvalue weighted by Crippen LogP contribution is -2.26. The standard InChI is InChI=1S/C12H13N3O4/c1-7(8-5-13-15(2)6-8)14-11(16)9-3-4-10(19-9)12(17)18/h3-7H,1-2H3,(H,14,16)(H,17,18). The molecule has 0 radical (unpaired) electrons. The summed E-state index contributed by atoms with van der Waals surface area (Å²) in [5.41, 5.74) is 0.848. The normalized spacial score (nSPS) is 12.1. The molecule has 2 aromatic heterocycles. The van der Waals surface area contributed by atoms with E-state index in [9.17, 15) is 9.59 Å². The predicted octanol–water partition coefficient (Wildman–Crippen LogP) is 1.20. The van der Waals surface area contributed by atoms with Crippen LogP contribution in [0.4, 0.5) is 0 Å². The van der Waals surface area contributed by atoms with Crippen LogP contribution < -0.4 is 5.32 Å². The number of aromatic nitrogens is 2. The van der Waals surface area contributed by atoms with E-state index in [1.165, 1.54) is 12.1 Å². The lowest BCUT2D eigenvalue weighted by molar-refractivity contribution is 0.0659. The summed E-state index contributed by atoms with van der Waals surface area (Å²) < 4.78 is 6.55. The number of hydrogen-bond donors (Lipinski definition) is 2. The number of aryl methyl sites for hydroxylation is 1. The zero-order valence-electron chi connectivity index (χ0n) is 10.5. The lowest BCUT2D eigenvalue weighted by Gasteiger charge is -2.10. The molecule has 0 fully saturated rings. The SMILES string of the molecule is CC(NC(=O)c1ccc(C(=O)O)o1)c1cnn(C)c1. The van der Waals surface area contributed by atoms with Crippen LogP contribution in [0.2, 0.25) is 0 Å². The minimum Gasteiger partial charge on any atom is -0.475 e. The third kappa shape index (κ3) is 2.82. The van der Waals surface area contributed by atoms with Crippen molar-refractivity contribution >= 4 is 11.9 Å². The molecule has 2 N–H and O–H groups in total. The van der Waals surface area contributed by atoms with Gasteiger partial charge in [0.2, 0.25) is 5.76 Å². The maximum absolute atomic E-state index is 11.8. The average Bonchev–Trinajstić information content (AvgIpc) is 2.96. The number of nitrogens with zero attached hydrogens (tertiary/aromatic N) is 2. The summed E-state index contributed by atoms with van der Waals surface area (Å²) in [6.07, 6.45) is 3.44. The number of carbonyl (C=O) groups is 2. The molecular weight excluding hydrogens is 250 g/mol.